The number of pyridine rings is 2. The number of nitriles is 2. The van der Waals surface area contributed by atoms with E-state index in [1.807, 2.05) is 60.7 Å². The Morgan fingerprint density at radius 2 is 0.780 bits per heavy atom. The first-order valence-corrected chi connectivity index (χ1v) is 15.6. The van der Waals surface area contributed by atoms with Gasteiger partial charge in [-0.3, -0.25) is 9.97 Å². The first kappa shape index (κ1) is 53.3. The average molecular weight is 835 g/mol. The summed E-state index contributed by atoms with van der Waals surface area (Å²) in [6.07, 6.45) is 3.52. The van der Waals surface area contributed by atoms with Gasteiger partial charge in [0.1, 0.15) is 0 Å². The Morgan fingerprint density at radius 1 is 0.520 bits per heavy atom. The van der Waals surface area contributed by atoms with Gasteiger partial charge in [-0.2, -0.15) is 10.5 Å². The fraction of sp³-hybridized carbons (Fsp3) is 0.200. The molecular weight excluding hydrogens is 802 g/mol. The molecule has 0 fully saturated rings. The van der Waals surface area contributed by atoms with E-state index in [0.717, 1.165) is 22.5 Å². The van der Waals surface area contributed by atoms with Gasteiger partial charge in [0, 0.05) is 52.4 Å². The third-order valence-corrected chi connectivity index (χ3v) is 4.64. The zero-order valence-electron chi connectivity index (χ0n) is 26.3. The van der Waals surface area contributed by atoms with E-state index in [2.05, 4.69) is 20.6 Å². The van der Waals surface area contributed by atoms with E-state index in [0.29, 0.717) is 26.2 Å². The van der Waals surface area contributed by atoms with E-state index in [1.165, 1.54) is 13.8 Å². The SMILES string of the molecule is CC#N.CC#N.[Cu+2].[Cu+2].[O-][Cl+3]([O-])([O-])[O-].[O-][Cl+3]([O-])([O-])[O-].[O-]c1ccccc1CNCc1ccccn1.[O-]c1ccccc1CNCc1ccccn1. The van der Waals surface area contributed by atoms with E-state index >= 15 is 0 Å². The van der Waals surface area contributed by atoms with Gasteiger partial charge in [-0.15, -0.1) is 32.0 Å². The monoisotopic (exact) mass is 832 g/mol. The van der Waals surface area contributed by atoms with Crippen LogP contribution in [0.4, 0.5) is 0 Å². The molecule has 0 spiro atoms. The molecule has 278 valence electrons. The first-order valence-electron chi connectivity index (χ1n) is 13.1. The third-order valence-electron chi connectivity index (χ3n) is 4.64. The Bertz CT molecular complexity index is 1340. The van der Waals surface area contributed by atoms with Crippen molar-refractivity contribution in [1.82, 2.24) is 20.6 Å². The van der Waals surface area contributed by atoms with Crippen molar-refractivity contribution < 1.29 is 102 Å². The number of para-hydroxylation sites is 2. The molecule has 50 heavy (non-hydrogen) atoms. The van der Waals surface area contributed by atoms with Gasteiger partial charge in [0.25, 0.3) is 0 Å². The molecule has 0 amide bonds. The number of hydrogen-bond donors (Lipinski definition) is 2. The summed E-state index contributed by atoms with van der Waals surface area (Å²) in [6.45, 7) is 5.37. The molecule has 2 radical (unpaired) electrons. The molecule has 4 rings (SSSR count). The van der Waals surface area contributed by atoms with Crippen LogP contribution < -0.4 is 58.1 Å². The molecule has 0 saturated carbocycles. The topological polar surface area (TPSA) is 328 Å². The quantitative estimate of drug-likeness (QED) is 0.156. The molecule has 20 heteroatoms. The normalized spacial score (nSPS) is 9.28. The third kappa shape index (κ3) is 39.0. The van der Waals surface area contributed by atoms with Gasteiger partial charge in [0.05, 0.1) is 23.5 Å². The zero-order chi connectivity index (χ0) is 36.8. The van der Waals surface area contributed by atoms with Gasteiger partial charge < -0.3 is 20.8 Å². The van der Waals surface area contributed by atoms with Crippen LogP contribution in [0.5, 0.6) is 11.5 Å². The average Bonchev–Trinajstić information content (AvgIpc) is 3.00. The summed E-state index contributed by atoms with van der Waals surface area (Å²) in [5.41, 5.74) is 3.54. The van der Waals surface area contributed by atoms with Crippen molar-refractivity contribution in [2.24, 2.45) is 0 Å². The van der Waals surface area contributed by atoms with Gasteiger partial charge in [0.15, 0.2) is 0 Å². The standard InChI is InChI=1S/2C13H14N2O.2C2H3N.2ClHO4.2Cu/c2*16-13-7-2-1-5-11(13)9-14-10-12-6-3-4-8-15-12;2*1-2-3;2*2-1(3,4)5;;/h2*1-8,14,16H,9-10H2;2*1H3;2*(H,2,3,4,5);;/q;;;;;;2*+2/p-4. The Labute approximate surface area is 315 Å². The number of halogens is 2. The molecule has 0 atom stereocenters. The van der Waals surface area contributed by atoms with E-state index < -0.39 is 20.5 Å². The summed E-state index contributed by atoms with van der Waals surface area (Å²) in [6, 6.07) is 29.2. The van der Waals surface area contributed by atoms with Crippen LogP contribution in [0.15, 0.2) is 97.3 Å². The van der Waals surface area contributed by atoms with E-state index in [-0.39, 0.29) is 45.6 Å². The molecule has 0 aliphatic rings. The van der Waals surface area contributed by atoms with Crippen LogP contribution in [-0.4, -0.2) is 9.97 Å². The van der Waals surface area contributed by atoms with Gasteiger partial charge >= 0.3 is 34.1 Å². The van der Waals surface area contributed by atoms with Gasteiger partial charge in [-0.1, -0.05) is 60.7 Å². The number of benzene rings is 2. The number of hydrogen-bond acceptors (Lipinski definition) is 16. The van der Waals surface area contributed by atoms with Gasteiger partial charge in [-0.25, -0.2) is 37.3 Å². The first-order chi connectivity index (χ1) is 22.5. The van der Waals surface area contributed by atoms with Crippen LogP contribution in [0.25, 0.3) is 0 Å². The van der Waals surface area contributed by atoms with Crippen molar-refractivity contribution in [2.75, 3.05) is 0 Å². The summed E-state index contributed by atoms with van der Waals surface area (Å²) in [5, 5.41) is 43.8. The second-order valence-corrected chi connectivity index (χ2v) is 9.78. The molecule has 0 unspecified atom stereocenters. The van der Waals surface area contributed by atoms with Gasteiger partial charge in [-0.05, 0) is 35.4 Å². The van der Waals surface area contributed by atoms with Crippen LogP contribution in [-0.2, 0) is 60.3 Å². The Kier molecular flexibility index (Phi) is 34.9. The largest absolute Gasteiger partial charge is 2.00 e. The maximum absolute atomic E-state index is 11.4. The maximum atomic E-state index is 11.4. The minimum Gasteiger partial charge on any atom is -0.872 e. The van der Waals surface area contributed by atoms with Crippen molar-refractivity contribution in [3.05, 3.63) is 120 Å². The summed E-state index contributed by atoms with van der Waals surface area (Å²) in [7, 11) is -9.89. The van der Waals surface area contributed by atoms with Crippen LogP contribution in [0.1, 0.15) is 36.4 Å². The summed E-state index contributed by atoms with van der Waals surface area (Å²) < 4.78 is 67.9. The Morgan fingerprint density at radius 3 is 1.02 bits per heavy atom. The fourth-order valence-electron chi connectivity index (χ4n) is 2.96. The molecule has 2 N–H and O–H groups in total. The Balaban J connectivity index is -0.000000290. The predicted molar refractivity (Wildman–Crippen MR) is 144 cm³/mol. The molecule has 16 nitrogen and oxygen atoms in total. The van der Waals surface area contributed by atoms with Gasteiger partial charge in [0.2, 0.25) is 0 Å². The number of aromatic nitrogens is 2. The second kappa shape index (κ2) is 32.7. The van der Waals surface area contributed by atoms with Crippen LogP contribution >= 0.6 is 0 Å². The van der Waals surface area contributed by atoms with Crippen molar-refractivity contribution in [3.8, 4) is 23.6 Å². The Hall–Kier alpha value is -3.46. The van der Waals surface area contributed by atoms with Crippen molar-refractivity contribution >= 4 is 0 Å². The summed E-state index contributed by atoms with van der Waals surface area (Å²) in [5.74, 6) is 0.159. The molecule has 0 aliphatic heterocycles. The molecule has 2 aromatic carbocycles. The molecule has 0 bridgehead atoms. The smallest absolute Gasteiger partial charge is 0.872 e. The summed E-state index contributed by atoms with van der Waals surface area (Å²) >= 11 is 0. The van der Waals surface area contributed by atoms with E-state index in [1.54, 1.807) is 48.8 Å². The van der Waals surface area contributed by atoms with Crippen LogP contribution in [0.2, 0.25) is 0 Å². The van der Waals surface area contributed by atoms with Crippen molar-refractivity contribution in [3.63, 3.8) is 0 Å². The zero-order valence-corrected chi connectivity index (χ0v) is 29.7. The van der Waals surface area contributed by atoms with Crippen molar-refractivity contribution in [2.45, 2.75) is 40.0 Å². The molecular formula is C30H32Cl2Cu2N6O10. The number of nitrogens with zero attached hydrogens (tertiary/aromatic N) is 4. The van der Waals surface area contributed by atoms with Crippen molar-refractivity contribution in [1.29, 1.82) is 10.5 Å². The molecule has 2 aromatic heterocycles. The second-order valence-electron chi connectivity index (χ2n) is 8.27. The number of nitrogens with one attached hydrogen (secondary N) is 2. The van der Waals surface area contributed by atoms with E-state index in [4.69, 9.17) is 47.8 Å². The maximum Gasteiger partial charge on any atom is 2.00 e. The molecule has 0 saturated heterocycles. The summed E-state index contributed by atoms with van der Waals surface area (Å²) in [4.78, 5) is 8.38. The number of rotatable bonds is 8. The minimum atomic E-state index is -4.94. The predicted octanol–water partition coefficient (Wildman–Crippen LogP) is -5.57. The van der Waals surface area contributed by atoms with Crippen LogP contribution in [0, 0.1) is 43.1 Å². The molecule has 0 aliphatic carbocycles. The molecule has 2 heterocycles. The van der Waals surface area contributed by atoms with E-state index in [9.17, 15) is 10.2 Å². The fourth-order valence-corrected chi connectivity index (χ4v) is 2.96. The minimum absolute atomic E-state index is 0. The molecule has 4 aromatic rings. The van der Waals surface area contributed by atoms with Crippen LogP contribution in [0.3, 0.4) is 0 Å².